The molecule has 0 aromatic heterocycles. The van der Waals surface area contributed by atoms with Crippen molar-refractivity contribution in [2.24, 2.45) is 0 Å². The lowest BCUT2D eigenvalue weighted by Crippen LogP contribution is -2.41. The molecule has 1 amide bonds. The maximum atomic E-state index is 12.0. The van der Waals surface area contributed by atoms with Crippen LogP contribution in [0.3, 0.4) is 0 Å². The first-order chi connectivity index (χ1) is 10.5. The van der Waals surface area contributed by atoms with E-state index in [-0.39, 0.29) is 17.7 Å². The first-order valence-electron chi connectivity index (χ1n) is 6.40. The second-order valence-corrected chi connectivity index (χ2v) is 4.26. The van der Waals surface area contributed by atoms with Crippen LogP contribution in [0, 0.1) is 0 Å². The number of esters is 2. The van der Waals surface area contributed by atoms with Crippen molar-refractivity contribution in [3.8, 4) is 5.75 Å². The van der Waals surface area contributed by atoms with Gasteiger partial charge in [-0.15, -0.1) is 0 Å². The van der Waals surface area contributed by atoms with E-state index in [0.29, 0.717) is 0 Å². The summed E-state index contributed by atoms with van der Waals surface area (Å²) in [6.45, 7) is 0. The maximum absolute atomic E-state index is 12.0. The predicted octanol–water partition coefficient (Wildman–Crippen LogP) is 0.783. The minimum absolute atomic E-state index is 0.0618. The Kier molecular flexibility index (Phi) is 6.62. The molecule has 0 unspecified atom stereocenters. The topological polar surface area (TPSA) is 102 Å². The molecule has 2 N–H and O–H groups in total. The van der Waals surface area contributed by atoms with Crippen molar-refractivity contribution in [3.63, 3.8) is 0 Å². The summed E-state index contributed by atoms with van der Waals surface area (Å²) in [7, 11) is 2.42. The number of aromatic hydroxyl groups is 1. The molecule has 0 spiro atoms. The fourth-order valence-electron chi connectivity index (χ4n) is 1.61. The molecule has 0 saturated heterocycles. The Morgan fingerprint density at radius 2 is 2.00 bits per heavy atom. The molecule has 1 aromatic rings. The van der Waals surface area contributed by atoms with Gasteiger partial charge in [0.2, 0.25) is 0 Å². The van der Waals surface area contributed by atoms with Crippen LogP contribution in [0.1, 0.15) is 16.8 Å². The Morgan fingerprint density at radius 3 is 2.59 bits per heavy atom. The zero-order valence-electron chi connectivity index (χ0n) is 12.2. The van der Waals surface area contributed by atoms with Crippen molar-refractivity contribution < 1.29 is 29.0 Å². The molecule has 1 atom stereocenters. The van der Waals surface area contributed by atoms with Gasteiger partial charge in [0.05, 0.1) is 14.2 Å². The van der Waals surface area contributed by atoms with Gasteiger partial charge in [0.25, 0.3) is 5.91 Å². The largest absolute Gasteiger partial charge is 0.508 e. The normalized spacial score (nSPS) is 11.7. The molecule has 118 valence electrons. The molecule has 0 radical (unpaired) electrons. The van der Waals surface area contributed by atoms with Crippen LogP contribution in [0.2, 0.25) is 0 Å². The Hall–Kier alpha value is -2.83. The number of benzene rings is 1. The summed E-state index contributed by atoms with van der Waals surface area (Å²) in [4.78, 5) is 34.7. The first-order valence-corrected chi connectivity index (χ1v) is 6.40. The summed E-state index contributed by atoms with van der Waals surface area (Å²) >= 11 is 0. The number of phenolic OH excluding ortho intramolecular Hbond substituents is 1. The van der Waals surface area contributed by atoms with Gasteiger partial charge in [0, 0.05) is 11.6 Å². The number of phenols is 1. The van der Waals surface area contributed by atoms with E-state index in [4.69, 9.17) is 0 Å². The molecule has 0 saturated carbocycles. The number of hydrogen-bond acceptors (Lipinski definition) is 6. The van der Waals surface area contributed by atoms with Crippen LogP contribution in [0.4, 0.5) is 0 Å². The molecular weight excluding hydrogens is 290 g/mol. The monoisotopic (exact) mass is 307 g/mol. The van der Waals surface area contributed by atoms with Gasteiger partial charge in [0.1, 0.15) is 11.8 Å². The molecule has 0 aliphatic carbocycles. The van der Waals surface area contributed by atoms with Gasteiger partial charge in [-0.05, 0) is 24.6 Å². The van der Waals surface area contributed by atoms with Gasteiger partial charge >= 0.3 is 11.9 Å². The van der Waals surface area contributed by atoms with Gasteiger partial charge in [-0.3, -0.25) is 4.79 Å². The lowest BCUT2D eigenvalue weighted by molar-refractivity contribution is -0.143. The number of nitrogens with one attached hydrogen (secondary N) is 1. The fraction of sp³-hybridized carbons (Fsp3) is 0.267. The van der Waals surface area contributed by atoms with E-state index in [2.05, 4.69) is 14.8 Å². The highest BCUT2D eigenvalue weighted by Crippen LogP contribution is 2.11. The Labute approximate surface area is 127 Å². The molecule has 7 heteroatoms. The van der Waals surface area contributed by atoms with E-state index in [1.807, 2.05) is 0 Å². The molecule has 0 fully saturated rings. The molecule has 7 nitrogen and oxygen atoms in total. The smallest absolute Gasteiger partial charge is 0.330 e. The maximum Gasteiger partial charge on any atom is 0.330 e. The number of methoxy groups -OCH3 is 2. The average Bonchev–Trinajstić information content (AvgIpc) is 2.52. The van der Waals surface area contributed by atoms with Crippen molar-refractivity contribution in [2.45, 2.75) is 12.5 Å². The SMILES string of the molecule is COC(=O)/C=C/C[C@H](NC(=O)c1cccc(O)c1)C(=O)OC. The van der Waals surface area contributed by atoms with E-state index in [1.165, 1.54) is 44.6 Å². The lowest BCUT2D eigenvalue weighted by Gasteiger charge is -2.14. The van der Waals surface area contributed by atoms with Crippen LogP contribution in [-0.2, 0) is 19.1 Å². The number of carbonyl (C=O) groups is 3. The summed E-state index contributed by atoms with van der Waals surface area (Å²) in [5.41, 5.74) is 0.200. The molecule has 0 bridgehead atoms. The average molecular weight is 307 g/mol. The van der Waals surface area contributed by atoms with E-state index in [0.717, 1.165) is 6.08 Å². The zero-order valence-corrected chi connectivity index (χ0v) is 12.2. The van der Waals surface area contributed by atoms with Crippen molar-refractivity contribution >= 4 is 17.8 Å². The minimum Gasteiger partial charge on any atom is -0.508 e. The molecule has 0 heterocycles. The quantitative estimate of drug-likeness (QED) is 0.595. The summed E-state index contributed by atoms with van der Waals surface area (Å²) in [6.07, 6.45) is 2.61. The van der Waals surface area contributed by atoms with Crippen molar-refractivity contribution in [1.29, 1.82) is 0 Å². The van der Waals surface area contributed by atoms with Crippen LogP contribution in [0.15, 0.2) is 36.4 Å². The third-order valence-electron chi connectivity index (χ3n) is 2.73. The summed E-state index contributed by atoms with van der Waals surface area (Å²) in [5, 5.41) is 11.8. The molecule has 1 rings (SSSR count). The highest BCUT2D eigenvalue weighted by Gasteiger charge is 2.21. The van der Waals surface area contributed by atoms with Crippen LogP contribution in [0.5, 0.6) is 5.75 Å². The summed E-state index contributed by atoms with van der Waals surface area (Å²) in [5.74, 6) is -1.82. The first kappa shape index (κ1) is 17.2. The minimum atomic E-state index is -0.958. The highest BCUT2D eigenvalue weighted by atomic mass is 16.5. The number of ether oxygens (including phenoxy) is 2. The highest BCUT2D eigenvalue weighted by molar-refractivity contribution is 5.97. The Bertz CT molecular complexity index is 581. The second-order valence-electron chi connectivity index (χ2n) is 4.26. The standard InChI is InChI=1S/C15H17NO6/c1-21-13(18)8-4-7-12(15(20)22-2)16-14(19)10-5-3-6-11(17)9-10/h3-6,8-9,12,17H,7H2,1-2H3,(H,16,19)/b8-4+/t12-/m0/s1. The van der Waals surface area contributed by atoms with Gasteiger partial charge in [-0.1, -0.05) is 12.1 Å². The van der Waals surface area contributed by atoms with Gasteiger partial charge in [-0.25, -0.2) is 9.59 Å². The molecular formula is C15H17NO6. The van der Waals surface area contributed by atoms with Gasteiger partial charge < -0.3 is 19.9 Å². The second kappa shape index (κ2) is 8.46. The number of rotatable bonds is 6. The fourth-order valence-corrected chi connectivity index (χ4v) is 1.61. The van der Waals surface area contributed by atoms with Crippen molar-refractivity contribution in [1.82, 2.24) is 5.32 Å². The summed E-state index contributed by atoms with van der Waals surface area (Å²) in [6, 6.07) is 4.74. The predicted molar refractivity (Wildman–Crippen MR) is 77.2 cm³/mol. The van der Waals surface area contributed by atoms with Crippen LogP contribution in [-0.4, -0.2) is 43.2 Å². The van der Waals surface area contributed by atoms with Crippen molar-refractivity contribution in [3.05, 3.63) is 42.0 Å². The summed E-state index contributed by atoms with van der Waals surface area (Å²) < 4.78 is 9.03. The molecule has 0 aliphatic rings. The van der Waals surface area contributed by atoms with Gasteiger partial charge in [-0.2, -0.15) is 0 Å². The van der Waals surface area contributed by atoms with Crippen LogP contribution < -0.4 is 5.32 Å². The van der Waals surface area contributed by atoms with E-state index < -0.39 is 23.9 Å². The Morgan fingerprint density at radius 1 is 1.27 bits per heavy atom. The Balaban J connectivity index is 2.76. The van der Waals surface area contributed by atoms with Crippen molar-refractivity contribution in [2.75, 3.05) is 14.2 Å². The number of amides is 1. The van der Waals surface area contributed by atoms with Crippen LogP contribution >= 0.6 is 0 Å². The molecule has 1 aromatic carbocycles. The molecule has 22 heavy (non-hydrogen) atoms. The van der Waals surface area contributed by atoms with Gasteiger partial charge in [0.15, 0.2) is 0 Å². The van der Waals surface area contributed by atoms with E-state index >= 15 is 0 Å². The van der Waals surface area contributed by atoms with E-state index in [9.17, 15) is 19.5 Å². The van der Waals surface area contributed by atoms with Crippen LogP contribution in [0.25, 0.3) is 0 Å². The lowest BCUT2D eigenvalue weighted by atomic mass is 10.1. The number of carbonyl (C=O) groups excluding carboxylic acids is 3. The molecule has 0 aliphatic heterocycles. The van der Waals surface area contributed by atoms with E-state index in [1.54, 1.807) is 0 Å². The number of hydrogen-bond donors (Lipinski definition) is 2. The zero-order chi connectivity index (χ0) is 16.5. The third-order valence-corrected chi connectivity index (χ3v) is 2.73. The third kappa shape index (κ3) is 5.28.